The number of nitrogens with zero attached hydrogens (tertiary/aromatic N) is 3. The van der Waals surface area contributed by atoms with Gasteiger partial charge < -0.3 is 15.5 Å². The van der Waals surface area contributed by atoms with E-state index in [0.717, 1.165) is 16.2 Å². The van der Waals surface area contributed by atoms with E-state index in [1.807, 2.05) is 18.2 Å². The summed E-state index contributed by atoms with van der Waals surface area (Å²) in [6.07, 6.45) is 16.6. The number of fused-ring (bicyclic) bond motifs is 1. The number of likely N-dealkylation sites (N-methyl/N-ethyl adjacent to an activating group) is 2. The number of hydrogen-bond acceptors (Lipinski definition) is 6. The maximum absolute atomic E-state index is 15.6. The number of carbonyl (C=O) groups excluding carboxylic acids is 1. The smallest absolute Gasteiger partial charge is 0.363 e. The number of rotatable bonds is 9. The number of alkyl halides is 3. The summed E-state index contributed by atoms with van der Waals surface area (Å²) in [7, 11) is 3.43. The van der Waals surface area contributed by atoms with Crippen LogP contribution in [-0.2, 0) is 4.79 Å². The standard InChI is InChI=1S/C27H31ClF3N5O/c1-32-21-8-9-25-24(16-21)34-26(35(25)2)27(30,31)36-12-10-18(11-13-36)23(5-3-4-14-37)33-17-19-6-7-20(28)15-22(19)29/h3-6,8-10,14-16,20,24-25,32-33H,7,11-13,17H2,1-2H3/b4-3-,23-5-. The molecule has 4 rings (SSSR count). The summed E-state index contributed by atoms with van der Waals surface area (Å²) >= 11 is 5.97. The molecule has 0 aromatic heterocycles. The average Bonchev–Trinajstić information content (AvgIpc) is 3.23. The number of amidine groups is 1. The third-order valence-corrected chi connectivity index (χ3v) is 7.19. The van der Waals surface area contributed by atoms with E-state index in [-0.39, 0.29) is 48.8 Å². The molecule has 0 amide bonds. The number of halogens is 4. The minimum atomic E-state index is -3.25. The summed E-state index contributed by atoms with van der Waals surface area (Å²) in [5.41, 5.74) is 2.81. The van der Waals surface area contributed by atoms with Crippen LogP contribution in [0.5, 0.6) is 0 Å². The minimum Gasteiger partial charge on any atom is -0.388 e. The van der Waals surface area contributed by atoms with E-state index in [2.05, 4.69) is 15.6 Å². The summed E-state index contributed by atoms with van der Waals surface area (Å²) in [5, 5.41) is 5.86. The lowest BCUT2D eigenvalue weighted by molar-refractivity contribution is -0.104. The maximum Gasteiger partial charge on any atom is 0.363 e. The molecule has 0 bridgehead atoms. The molecule has 198 valence electrons. The molecule has 0 aromatic carbocycles. The van der Waals surface area contributed by atoms with E-state index < -0.39 is 6.05 Å². The molecular weight excluding hydrogens is 503 g/mol. The summed E-state index contributed by atoms with van der Waals surface area (Å²) < 4.78 is 45.6. The molecule has 0 aromatic rings. The maximum atomic E-state index is 15.6. The topological polar surface area (TPSA) is 60.0 Å². The van der Waals surface area contributed by atoms with Crippen molar-refractivity contribution in [1.29, 1.82) is 0 Å². The highest BCUT2D eigenvalue weighted by Gasteiger charge is 2.50. The van der Waals surface area contributed by atoms with E-state index in [4.69, 9.17) is 11.6 Å². The Morgan fingerprint density at radius 2 is 2.11 bits per heavy atom. The lowest BCUT2D eigenvalue weighted by Gasteiger charge is -2.36. The Labute approximate surface area is 220 Å². The van der Waals surface area contributed by atoms with Gasteiger partial charge in [0.15, 0.2) is 5.84 Å². The molecule has 0 radical (unpaired) electrons. The first-order chi connectivity index (χ1) is 17.7. The normalized spacial score (nSPS) is 26.8. The number of allylic oxidation sites excluding steroid dienone is 7. The van der Waals surface area contributed by atoms with Gasteiger partial charge in [0.05, 0.1) is 17.5 Å². The number of hydrogen-bond donors (Lipinski definition) is 2. The van der Waals surface area contributed by atoms with Crippen molar-refractivity contribution in [3.8, 4) is 0 Å². The van der Waals surface area contributed by atoms with Gasteiger partial charge in [0.1, 0.15) is 12.1 Å². The largest absolute Gasteiger partial charge is 0.388 e. The Kier molecular flexibility index (Phi) is 8.44. The molecule has 2 heterocycles. The fraction of sp³-hybridized carbons (Fsp3) is 0.407. The molecule has 0 fully saturated rings. The van der Waals surface area contributed by atoms with Crippen LogP contribution < -0.4 is 10.6 Å². The third kappa shape index (κ3) is 5.93. The van der Waals surface area contributed by atoms with E-state index in [9.17, 15) is 9.18 Å². The van der Waals surface area contributed by atoms with Gasteiger partial charge in [-0.25, -0.2) is 9.29 Å². The van der Waals surface area contributed by atoms with Crippen molar-refractivity contribution in [2.75, 3.05) is 33.7 Å². The predicted molar refractivity (Wildman–Crippen MR) is 141 cm³/mol. The van der Waals surface area contributed by atoms with Gasteiger partial charge in [0.2, 0.25) is 0 Å². The Hall–Kier alpha value is -3.04. The van der Waals surface area contributed by atoms with Gasteiger partial charge in [0, 0.05) is 50.7 Å². The van der Waals surface area contributed by atoms with Crippen LogP contribution in [0.1, 0.15) is 12.8 Å². The number of nitrogens with one attached hydrogen (secondary N) is 2. The lowest BCUT2D eigenvalue weighted by atomic mass is 10.0. The summed E-state index contributed by atoms with van der Waals surface area (Å²) in [6.45, 7) is 0.332. The first kappa shape index (κ1) is 27.0. The molecule has 6 nitrogen and oxygen atoms in total. The monoisotopic (exact) mass is 533 g/mol. The quantitative estimate of drug-likeness (QED) is 0.154. The number of aliphatic imine (C=N–C) groups is 1. The van der Waals surface area contributed by atoms with Crippen molar-refractivity contribution >= 4 is 23.7 Å². The van der Waals surface area contributed by atoms with Gasteiger partial charge >= 0.3 is 6.05 Å². The fourth-order valence-corrected chi connectivity index (χ4v) is 4.98. The molecule has 2 aliphatic carbocycles. The van der Waals surface area contributed by atoms with E-state index >= 15 is 8.78 Å². The summed E-state index contributed by atoms with van der Waals surface area (Å²) in [6, 6.07) is -3.85. The predicted octanol–water partition coefficient (Wildman–Crippen LogP) is 3.99. The minimum absolute atomic E-state index is 0.0132. The van der Waals surface area contributed by atoms with Crippen molar-refractivity contribution < 1.29 is 18.0 Å². The van der Waals surface area contributed by atoms with Crippen molar-refractivity contribution in [3.05, 3.63) is 83.1 Å². The second-order valence-corrected chi connectivity index (χ2v) is 9.75. The second kappa shape index (κ2) is 11.6. The van der Waals surface area contributed by atoms with Crippen molar-refractivity contribution in [1.82, 2.24) is 20.4 Å². The molecule has 2 N–H and O–H groups in total. The first-order valence-electron chi connectivity index (χ1n) is 12.2. The van der Waals surface area contributed by atoms with Crippen LogP contribution in [0.4, 0.5) is 13.2 Å². The van der Waals surface area contributed by atoms with Crippen LogP contribution in [0.2, 0.25) is 0 Å². The molecule has 10 heteroatoms. The van der Waals surface area contributed by atoms with Crippen LogP contribution in [0.15, 0.2) is 88.0 Å². The second-order valence-electron chi connectivity index (χ2n) is 9.19. The third-order valence-electron chi connectivity index (χ3n) is 6.88. The van der Waals surface area contributed by atoms with Crippen molar-refractivity contribution in [2.45, 2.75) is 36.3 Å². The van der Waals surface area contributed by atoms with Crippen LogP contribution in [0, 0.1) is 0 Å². The fourth-order valence-electron chi connectivity index (χ4n) is 4.78. The van der Waals surface area contributed by atoms with Gasteiger partial charge in [-0.15, -0.1) is 11.6 Å². The van der Waals surface area contributed by atoms with E-state index in [1.165, 1.54) is 12.2 Å². The lowest BCUT2D eigenvalue weighted by Crippen LogP contribution is -2.54. The van der Waals surface area contributed by atoms with E-state index in [1.54, 1.807) is 43.3 Å². The zero-order valence-electron chi connectivity index (χ0n) is 20.8. The van der Waals surface area contributed by atoms with Crippen LogP contribution >= 0.6 is 11.6 Å². The molecule has 2 aliphatic heterocycles. The van der Waals surface area contributed by atoms with Gasteiger partial charge in [0.25, 0.3) is 0 Å². The summed E-state index contributed by atoms with van der Waals surface area (Å²) in [4.78, 5) is 17.8. The highest BCUT2D eigenvalue weighted by Crippen LogP contribution is 2.34. The zero-order valence-corrected chi connectivity index (χ0v) is 21.6. The molecule has 0 saturated carbocycles. The number of aldehydes is 1. The Balaban J connectivity index is 1.47. The average molecular weight is 534 g/mol. The molecule has 0 saturated heterocycles. The highest BCUT2D eigenvalue weighted by atomic mass is 35.5. The van der Waals surface area contributed by atoms with Crippen LogP contribution in [-0.4, -0.2) is 79.2 Å². The molecule has 37 heavy (non-hydrogen) atoms. The number of carbonyl (C=O) groups is 1. The molecule has 3 atom stereocenters. The zero-order chi connectivity index (χ0) is 26.6. The van der Waals surface area contributed by atoms with Gasteiger partial charge in [-0.3, -0.25) is 9.79 Å². The highest BCUT2D eigenvalue weighted by molar-refractivity contribution is 6.22. The van der Waals surface area contributed by atoms with Gasteiger partial charge in [-0.05, 0) is 48.8 Å². The Bertz CT molecular complexity index is 1150. The van der Waals surface area contributed by atoms with E-state index in [0.29, 0.717) is 30.4 Å². The molecular formula is C27H31ClF3N5O. The molecule has 0 spiro atoms. The van der Waals surface area contributed by atoms with Crippen LogP contribution in [0.3, 0.4) is 0 Å². The van der Waals surface area contributed by atoms with Gasteiger partial charge in [-0.2, -0.15) is 8.78 Å². The molecule has 4 aliphatic rings. The first-order valence-corrected chi connectivity index (χ1v) is 12.7. The SMILES string of the molecule is CNC1=CC2N=C(C(F)(F)N3CC=C(/C(=C/C=C\C=O)NCC4=CCC(Cl)C=C4F)CC3)N(C)C2C=C1. The van der Waals surface area contributed by atoms with Crippen molar-refractivity contribution in [3.63, 3.8) is 0 Å². The molecule has 3 unspecified atom stereocenters. The summed E-state index contributed by atoms with van der Waals surface area (Å²) in [5.74, 6) is -0.622. The Morgan fingerprint density at radius 1 is 1.30 bits per heavy atom. The van der Waals surface area contributed by atoms with Gasteiger partial charge in [-0.1, -0.05) is 24.3 Å². The Morgan fingerprint density at radius 3 is 2.78 bits per heavy atom. The van der Waals surface area contributed by atoms with Crippen LogP contribution in [0.25, 0.3) is 0 Å². The van der Waals surface area contributed by atoms with Crippen molar-refractivity contribution in [2.24, 2.45) is 4.99 Å².